The predicted molar refractivity (Wildman–Crippen MR) is 104 cm³/mol. The van der Waals surface area contributed by atoms with E-state index in [2.05, 4.69) is 18.2 Å². The summed E-state index contributed by atoms with van der Waals surface area (Å²) in [5.41, 5.74) is 1.07. The lowest BCUT2D eigenvalue weighted by Gasteiger charge is -2.35. The summed E-state index contributed by atoms with van der Waals surface area (Å²) in [5.74, 6) is 0.438. The number of fused-ring (bicyclic) bond motifs is 1. The highest BCUT2D eigenvalue weighted by Gasteiger charge is 2.30. The number of amides is 2. The molecule has 0 radical (unpaired) electrons. The maximum absolute atomic E-state index is 12.8. The molecule has 0 bridgehead atoms. The number of ether oxygens (including phenoxy) is 1. The van der Waals surface area contributed by atoms with E-state index in [4.69, 9.17) is 4.74 Å². The molecular formula is C22H26N2O3. The van der Waals surface area contributed by atoms with Crippen LogP contribution in [0.15, 0.2) is 42.5 Å². The van der Waals surface area contributed by atoms with Crippen molar-refractivity contribution < 1.29 is 14.3 Å². The molecule has 2 amide bonds. The first-order valence-electron chi connectivity index (χ1n) is 9.83. The highest BCUT2D eigenvalue weighted by molar-refractivity contribution is 5.90. The quantitative estimate of drug-likeness (QED) is 0.839. The topological polar surface area (TPSA) is 49.9 Å². The molecule has 0 aliphatic carbocycles. The van der Waals surface area contributed by atoms with Gasteiger partial charge in [0, 0.05) is 32.1 Å². The number of likely N-dealkylation sites (tertiary alicyclic amines) is 1. The van der Waals surface area contributed by atoms with Gasteiger partial charge in [0.1, 0.15) is 0 Å². The summed E-state index contributed by atoms with van der Waals surface area (Å²) >= 11 is 0. The van der Waals surface area contributed by atoms with Crippen molar-refractivity contribution in [3.63, 3.8) is 0 Å². The Kier molecular flexibility index (Phi) is 5.39. The summed E-state index contributed by atoms with van der Waals surface area (Å²) in [4.78, 5) is 29.3. The minimum absolute atomic E-state index is 0.0460. The van der Waals surface area contributed by atoms with Gasteiger partial charge in [0.2, 0.25) is 11.8 Å². The van der Waals surface area contributed by atoms with Crippen molar-refractivity contribution in [2.24, 2.45) is 5.92 Å². The number of carbonyl (C=O) groups is 2. The fourth-order valence-electron chi connectivity index (χ4n) is 4.14. The van der Waals surface area contributed by atoms with Gasteiger partial charge in [-0.05, 0) is 29.2 Å². The maximum atomic E-state index is 12.8. The zero-order valence-electron chi connectivity index (χ0n) is 15.6. The summed E-state index contributed by atoms with van der Waals surface area (Å²) < 4.78 is 5.33. The SMILES string of the molecule is O=C(Cc1cccc2ccccc12)N1CCC(C(=O)N2CCOCC2)CC1. The molecule has 0 spiro atoms. The molecule has 2 aliphatic rings. The van der Waals surface area contributed by atoms with Gasteiger partial charge in [-0.2, -0.15) is 0 Å². The molecule has 2 aromatic carbocycles. The Morgan fingerprint density at radius 3 is 2.37 bits per heavy atom. The fraction of sp³-hybridized carbons (Fsp3) is 0.455. The van der Waals surface area contributed by atoms with E-state index in [0.29, 0.717) is 45.8 Å². The van der Waals surface area contributed by atoms with Crippen molar-refractivity contribution in [1.82, 2.24) is 9.80 Å². The second-order valence-electron chi connectivity index (χ2n) is 7.41. The molecule has 0 N–H and O–H groups in total. The van der Waals surface area contributed by atoms with E-state index in [1.54, 1.807) is 0 Å². The Labute approximate surface area is 159 Å². The molecular weight excluding hydrogens is 340 g/mol. The van der Waals surface area contributed by atoms with Crippen molar-refractivity contribution in [3.05, 3.63) is 48.0 Å². The lowest BCUT2D eigenvalue weighted by atomic mass is 9.94. The van der Waals surface area contributed by atoms with E-state index in [9.17, 15) is 9.59 Å². The molecule has 2 fully saturated rings. The van der Waals surface area contributed by atoms with Gasteiger partial charge < -0.3 is 14.5 Å². The molecule has 2 saturated heterocycles. The van der Waals surface area contributed by atoms with Crippen LogP contribution < -0.4 is 0 Å². The number of rotatable bonds is 3. The number of morpholine rings is 1. The zero-order chi connectivity index (χ0) is 18.6. The Hall–Kier alpha value is -2.40. The van der Waals surface area contributed by atoms with Crippen molar-refractivity contribution in [1.29, 1.82) is 0 Å². The molecule has 2 heterocycles. The van der Waals surface area contributed by atoms with Gasteiger partial charge >= 0.3 is 0 Å². The molecule has 5 nitrogen and oxygen atoms in total. The molecule has 0 unspecified atom stereocenters. The summed E-state index contributed by atoms with van der Waals surface area (Å²) in [6, 6.07) is 14.3. The maximum Gasteiger partial charge on any atom is 0.227 e. The molecule has 0 atom stereocenters. The van der Waals surface area contributed by atoms with Gasteiger partial charge in [-0.25, -0.2) is 0 Å². The molecule has 2 aromatic rings. The normalized spacial score (nSPS) is 18.7. The minimum Gasteiger partial charge on any atom is -0.378 e. The van der Waals surface area contributed by atoms with Crippen molar-refractivity contribution >= 4 is 22.6 Å². The van der Waals surface area contributed by atoms with Crippen molar-refractivity contribution in [3.8, 4) is 0 Å². The summed E-state index contributed by atoms with van der Waals surface area (Å²) in [5, 5.41) is 2.31. The second-order valence-corrected chi connectivity index (χ2v) is 7.41. The zero-order valence-corrected chi connectivity index (χ0v) is 15.6. The van der Waals surface area contributed by atoms with Crippen LogP contribution in [0.2, 0.25) is 0 Å². The Bertz CT molecular complexity index is 816. The van der Waals surface area contributed by atoms with Crippen molar-refractivity contribution in [2.75, 3.05) is 39.4 Å². The lowest BCUT2D eigenvalue weighted by molar-refractivity contribution is -0.143. The third kappa shape index (κ3) is 3.98. The van der Waals surface area contributed by atoms with E-state index in [-0.39, 0.29) is 17.7 Å². The third-order valence-electron chi connectivity index (χ3n) is 5.74. The van der Waals surface area contributed by atoms with E-state index < -0.39 is 0 Å². The number of benzene rings is 2. The van der Waals surface area contributed by atoms with Crippen molar-refractivity contribution in [2.45, 2.75) is 19.3 Å². The van der Waals surface area contributed by atoms with Gasteiger partial charge in [0.25, 0.3) is 0 Å². The van der Waals surface area contributed by atoms with Crippen LogP contribution in [-0.4, -0.2) is 61.0 Å². The summed E-state index contributed by atoms with van der Waals surface area (Å²) in [6.07, 6.45) is 1.94. The van der Waals surface area contributed by atoms with Crippen LogP contribution in [0.3, 0.4) is 0 Å². The smallest absolute Gasteiger partial charge is 0.227 e. The fourth-order valence-corrected chi connectivity index (χ4v) is 4.14. The van der Waals surface area contributed by atoms with Gasteiger partial charge in [-0.3, -0.25) is 9.59 Å². The largest absolute Gasteiger partial charge is 0.378 e. The predicted octanol–water partition coefficient (Wildman–Crippen LogP) is 2.48. The number of hydrogen-bond donors (Lipinski definition) is 0. The van der Waals surface area contributed by atoms with Gasteiger partial charge in [-0.1, -0.05) is 42.5 Å². The molecule has 142 valence electrons. The van der Waals surface area contributed by atoms with Crippen LogP contribution in [0.25, 0.3) is 10.8 Å². The van der Waals surface area contributed by atoms with Crippen LogP contribution in [0, 0.1) is 5.92 Å². The molecule has 27 heavy (non-hydrogen) atoms. The minimum atomic E-state index is 0.0460. The molecule has 4 rings (SSSR count). The summed E-state index contributed by atoms with van der Waals surface area (Å²) in [7, 11) is 0. The number of piperidine rings is 1. The Balaban J connectivity index is 1.35. The van der Waals surface area contributed by atoms with E-state index >= 15 is 0 Å². The van der Waals surface area contributed by atoms with Crippen LogP contribution in [-0.2, 0) is 20.7 Å². The third-order valence-corrected chi connectivity index (χ3v) is 5.74. The van der Waals surface area contributed by atoms with Gasteiger partial charge in [-0.15, -0.1) is 0 Å². The van der Waals surface area contributed by atoms with Crippen LogP contribution in [0.1, 0.15) is 18.4 Å². The second kappa shape index (κ2) is 8.09. The average Bonchev–Trinajstić information content (AvgIpc) is 2.74. The highest BCUT2D eigenvalue weighted by Crippen LogP contribution is 2.23. The standard InChI is InChI=1S/C22H26N2O3/c25-21(16-19-6-3-5-17-4-1-2-7-20(17)19)23-10-8-18(9-11-23)22(26)24-12-14-27-15-13-24/h1-7,18H,8-16H2. The first-order valence-corrected chi connectivity index (χ1v) is 9.83. The molecule has 2 aliphatic heterocycles. The summed E-state index contributed by atoms with van der Waals surface area (Å²) in [6.45, 7) is 4.00. The molecule has 0 aromatic heterocycles. The van der Waals surface area contributed by atoms with Gasteiger partial charge in [0.05, 0.1) is 19.6 Å². The first-order chi connectivity index (χ1) is 13.2. The molecule has 5 heteroatoms. The average molecular weight is 366 g/mol. The van der Waals surface area contributed by atoms with E-state index in [0.717, 1.165) is 29.2 Å². The number of carbonyl (C=O) groups excluding carboxylic acids is 2. The van der Waals surface area contributed by atoms with Crippen LogP contribution >= 0.6 is 0 Å². The van der Waals surface area contributed by atoms with E-state index in [1.165, 1.54) is 0 Å². The number of nitrogens with zero attached hydrogens (tertiary/aromatic N) is 2. The highest BCUT2D eigenvalue weighted by atomic mass is 16.5. The van der Waals surface area contributed by atoms with Gasteiger partial charge in [0.15, 0.2) is 0 Å². The Morgan fingerprint density at radius 2 is 1.59 bits per heavy atom. The molecule has 0 saturated carbocycles. The Morgan fingerprint density at radius 1 is 0.889 bits per heavy atom. The number of hydrogen-bond acceptors (Lipinski definition) is 3. The van der Waals surface area contributed by atoms with Crippen LogP contribution in [0.4, 0.5) is 0 Å². The van der Waals surface area contributed by atoms with Crippen LogP contribution in [0.5, 0.6) is 0 Å². The lowest BCUT2D eigenvalue weighted by Crippen LogP contribution is -2.47. The van der Waals surface area contributed by atoms with E-state index in [1.807, 2.05) is 34.1 Å². The monoisotopic (exact) mass is 366 g/mol. The first kappa shape index (κ1) is 18.0.